The summed E-state index contributed by atoms with van der Waals surface area (Å²) >= 11 is 0. The van der Waals surface area contributed by atoms with Gasteiger partial charge in [-0.1, -0.05) is 30.7 Å². The minimum absolute atomic E-state index is 0.310. The standard InChI is InChI=1S/C15H20N4/c1-4-14-17-15-16-8-7-13(19(15)18-14)12-6-5-10(2)9-11(12)3/h5-6,9,13H,4,7-8H2,1-3H3,(H,16,17,18). The lowest BCUT2D eigenvalue weighted by Gasteiger charge is -2.26. The summed E-state index contributed by atoms with van der Waals surface area (Å²) in [6.45, 7) is 7.37. The topological polar surface area (TPSA) is 42.7 Å². The highest BCUT2D eigenvalue weighted by Crippen LogP contribution is 2.30. The lowest BCUT2D eigenvalue weighted by molar-refractivity contribution is 0.475. The van der Waals surface area contributed by atoms with Gasteiger partial charge in [-0.25, -0.2) is 4.68 Å². The van der Waals surface area contributed by atoms with Gasteiger partial charge in [0.05, 0.1) is 6.04 Å². The number of benzene rings is 1. The molecule has 2 aromatic rings. The van der Waals surface area contributed by atoms with Gasteiger partial charge in [0.25, 0.3) is 0 Å². The van der Waals surface area contributed by atoms with Gasteiger partial charge in [-0.3, -0.25) is 0 Å². The van der Waals surface area contributed by atoms with E-state index in [9.17, 15) is 0 Å². The summed E-state index contributed by atoms with van der Waals surface area (Å²) in [6.07, 6.45) is 1.94. The van der Waals surface area contributed by atoms with Gasteiger partial charge >= 0.3 is 0 Å². The molecule has 19 heavy (non-hydrogen) atoms. The summed E-state index contributed by atoms with van der Waals surface area (Å²) in [6, 6.07) is 6.97. The fourth-order valence-electron chi connectivity index (χ4n) is 2.78. The van der Waals surface area contributed by atoms with Gasteiger partial charge in [0, 0.05) is 13.0 Å². The predicted octanol–water partition coefficient (Wildman–Crippen LogP) is 2.86. The summed E-state index contributed by atoms with van der Waals surface area (Å²) in [4.78, 5) is 4.53. The number of rotatable bonds is 2. The van der Waals surface area contributed by atoms with Crippen LogP contribution in [0.15, 0.2) is 18.2 Å². The number of anilines is 1. The predicted molar refractivity (Wildman–Crippen MR) is 76.6 cm³/mol. The molecule has 0 bridgehead atoms. The molecule has 1 aliphatic rings. The fourth-order valence-corrected chi connectivity index (χ4v) is 2.78. The van der Waals surface area contributed by atoms with Crippen LogP contribution in [-0.4, -0.2) is 21.3 Å². The van der Waals surface area contributed by atoms with Gasteiger partial charge in [0.15, 0.2) is 5.82 Å². The Kier molecular flexibility index (Phi) is 3.01. The first kappa shape index (κ1) is 12.2. The zero-order valence-corrected chi connectivity index (χ0v) is 11.8. The van der Waals surface area contributed by atoms with Crippen molar-refractivity contribution in [3.05, 3.63) is 40.7 Å². The zero-order valence-electron chi connectivity index (χ0n) is 11.8. The Bertz CT molecular complexity index is 600. The molecule has 1 aromatic heterocycles. The van der Waals surface area contributed by atoms with Crippen molar-refractivity contribution in [2.24, 2.45) is 0 Å². The maximum atomic E-state index is 4.63. The van der Waals surface area contributed by atoms with Crippen molar-refractivity contribution in [3.8, 4) is 0 Å². The van der Waals surface area contributed by atoms with Gasteiger partial charge in [0.2, 0.25) is 5.95 Å². The normalized spacial score (nSPS) is 17.9. The van der Waals surface area contributed by atoms with E-state index in [0.717, 1.165) is 31.2 Å². The second-order valence-corrected chi connectivity index (χ2v) is 5.24. The number of nitrogens with zero attached hydrogens (tertiary/aromatic N) is 3. The molecule has 0 aliphatic carbocycles. The van der Waals surface area contributed by atoms with E-state index in [1.165, 1.54) is 16.7 Å². The number of fused-ring (bicyclic) bond motifs is 1. The van der Waals surface area contributed by atoms with Crippen molar-refractivity contribution in [1.29, 1.82) is 0 Å². The summed E-state index contributed by atoms with van der Waals surface area (Å²) in [5, 5.41) is 7.97. The molecule has 2 heterocycles. The molecule has 100 valence electrons. The number of hydrogen-bond acceptors (Lipinski definition) is 3. The molecule has 0 saturated heterocycles. The molecule has 0 spiro atoms. The van der Waals surface area contributed by atoms with Crippen LogP contribution in [0.5, 0.6) is 0 Å². The quantitative estimate of drug-likeness (QED) is 0.898. The summed E-state index contributed by atoms with van der Waals surface area (Å²) < 4.78 is 2.06. The number of aromatic nitrogens is 3. The molecule has 1 atom stereocenters. The van der Waals surface area contributed by atoms with Crippen LogP contribution in [0.4, 0.5) is 5.95 Å². The van der Waals surface area contributed by atoms with Crippen LogP contribution >= 0.6 is 0 Å². The van der Waals surface area contributed by atoms with Crippen LogP contribution in [0.3, 0.4) is 0 Å². The third kappa shape index (κ3) is 2.11. The van der Waals surface area contributed by atoms with E-state index in [2.05, 4.69) is 59.1 Å². The van der Waals surface area contributed by atoms with E-state index in [0.29, 0.717) is 6.04 Å². The molecular weight excluding hydrogens is 236 g/mol. The summed E-state index contributed by atoms with van der Waals surface area (Å²) in [7, 11) is 0. The molecule has 0 fully saturated rings. The van der Waals surface area contributed by atoms with Crippen LogP contribution < -0.4 is 5.32 Å². The van der Waals surface area contributed by atoms with Crippen molar-refractivity contribution in [2.45, 2.75) is 39.7 Å². The Hall–Kier alpha value is -1.84. The lowest BCUT2D eigenvalue weighted by atomic mass is 9.96. The third-order valence-electron chi connectivity index (χ3n) is 3.77. The average molecular weight is 256 g/mol. The highest BCUT2D eigenvalue weighted by Gasteiger charge is 2.25. The van der Waals surface area contributed by atoms with Crippen molar-refractivity contribution in [3.63, 3.8) is 0 Å². The summed E-state index contributed by atoms with van der Waals surface area (Å²) in [5.41, 5.74) is 4.01. The van der Waals surface area contributed by atoms with E-state index in [1.54, 1.807) is 0 Å². The van der Waals surface area contributed by atoms with Gasteiger partial charge in [-0.05, 0) is 31.4 Å². The average Bonchev–Trinajstić information content (AvgIpc) is 2.82. The third-order valence-corrected chi connectivity index (χ3v) is 3.77. The van der Waals surface area contributed by atoms with Crippen molar-refractivity contribution < 1.29 is 0 Å². The first-order chi connectivity index (χ1) is 9.19. The van der Waals surface area contributed by atoms with Crippen molar-refractivity contribution in [1.82, 2.24) is 14.8 Å². The Balaban J connectivity index is 2.05. The smallest absolute Gasteiger partial charge is 0.221 e. The SMILES string of the molecule is CCc1nc2n(n1)C(c1ccc(C)cc1C)CCN2. The molecule has 4 heteroatoms. The highest BCUT2D eigenvalue weighted by molar-refractivity contribution is 5.37. The monoisotopic (exact) mass is 256 g/mol. The van der Waals surface area contributed by atoms with Crippen molar-refractivity contribution in [2.75, 3.05) is 11.9 Å². The largest absolute Gasteiger partial charge is 0.354 e. The Labute approximate surface area is 113 Å². The van der Waals surface area contributed by atoms with E-state index >= 15 is 0 Å². The highest BCUT2D eigenvalue weighted by atomic mass is 15.4. The van der Waals surface area contributed by atoms with Crippen LogP contribution in [0, 0.1) is 13.8 Å². The molecule has 1 unspecified atom stereocenters. The minimum Gasteiger partial charge on any atom is -0.354 e. The maximum Gasteiger partial charge on any atom is 0.221 e. The van der Waals surface area contributed by atoms with E-state index in [4.69, 9.17) is 0 Å². The van der Waals surface area contributed by atoms with E-state index in [1.807, 2.05) is 0 Å². The zero-order chi connectivity index (χ0) is 13.4. The van der Waals surface area contributed by atoms with Crippen LogP contribution in [0.1, 0.15) is 41.9 Å². The molecule has 0 radical (unpaired) electrons. The van der Waals surface area contributed by atoms with E-state index in [-0.39, 0.29) is 0 Å². The van der Waals surface area contributed by atoms with Crippen LogP contribution in [0.25, 0.3) is 0 Å². The van der Waals surface area contributed by atoms with Crippen LogP contribution in [0.2, 0.25) is 0 Å². The minimum atomic E-state index is 0.310. The fraction of sp³-hybridized carbons (Fsp3) is 0.467. The molecule has 1 N–H and O–H groups in total. The first-order valence-corrected chi connectivity index (χ1v) is 6.95. The van der Waals surface area contributed by atoms with Gasteiger partial charge in [-0.15, -0.1) is 0 Å². The van der Waals surface area contributed by atoms with Gasteiger partial charge in [0.1, 0.15) is 0 Å². The molecule has 0 saturated carbocycles. The summed E-state index contributed by atoms with van der Waals surface area (Å²) in [5.74, 6) is 1.83. The lowest BCUT2D eigenvalue weighted by Crippen LogP contribution is -2.25. The molecule has 1 aromatic carbocycles. The molecule has 3 rings (SSSR count). The molecular formula is C15H20N4. The molecule has 0 amide bonds. The number of hydrogen-bond donors (Lipinski definition) is 1. The van der Waals surface area contributed by atoms with Crippen molar-refractivity contribution >= 4 is 5.95 Å². The second-order valence-electron chi connectivity index (χ2n) is 5.24. The van der Waals surface area contributed by atoms with Gasteiger partial charge in [-0.2, -0.15) is 10.1 Å². The van der Waals surface area contributed by atoms with Gasteiger partial charge < -0.3 is 5.32 Å². The van der Waals surface area contributed by atoms with E-state index < -0.39 is 0 Å². The first-order valence-electron chi connectivity index (χ1n) is 6.95. The second kappa shape index (κ2) is 4.68. The Morgan fingerprint density at radius 3 is 2.95 bits per heavy atom. The molecule has 1 aliphatic heterocycles. The number of aryl methyl sites for hydroxylation is 3. The maximum absolute atomic E-state index is 4.63. The Morgan fingerprint density at radius 2 is 2.21 bits per heavy atom. The molecule has 4 nitrogen and oxygen atoms in total. The van der Waals surface area contributed by atoms with Crippen LogP contribution in [-0.2, 0) is 6.42 Å². The Morgan fingerprint density at radius 1 is 1.37 bits per heavy atom. The number of nitrogens with one attached hydrogen (secondary N) is 1.